The second-order valence-electron chi connectivity index (χ2n) is 2.86. The molecule has 0 saturated carbocycles. The Hall–Kier alpha value is -1.30. The van der Waals surface area contributed by atoms with E-state index in [1.807, 2.05) is 0 Å². The molecule has 3 N–H and O–H groups in total. The van der Waals surface area contributed by atoms with Gasteiger partial charge in [0.25, 0.3) is 0 Å². The first kappa shape index (κ1) is 9.79. The molecule has 0 aromatic rings. The molecule has 74 valence electrons. The van der Waals surface area contributed by atoms with Gasteiger partial charge in [0.05, 0.1) is 0 Å². The number of hydrogen-bond acceptors (Lipinski definition) is 3. The van der Waals surface area contributed by atoms with Gasteiger partial charge in [-0.2, -0.15) is 0 Å². The fraction of sp³-hybridized carbons (Fsp3) is 0.714. The summed E-state index contributed by atoms with van der Waals surface area (Å²) in [6, 6.07) is -0.307. The Kier molecular flexibility index (Phi) is 3.51. The molecule has 1 saturated heterocycles. The maximum Gasteiger partial charge on any atom is 0.341 e. The fourth-order valence-corrected chi connectivity index (χ4v) is 1.15. The molecule has 0 aromatic heterocycles. The molecule has 0 aromatic carbocycles. The zero-order chi connectivity index (χ0) is 9.68. The summed E-state index contributed by atoms with van der Waals surface area (Å²) in [5, 5.41) is 0. The molecule has 0 bridgehead atoms. The molecule has 1 rings (SSSR count). The smallest absolute Gasteiger partial charge is 0.341 e. The van der Waals surface area contributed by atoms with Gasteiger partial charge >= 0.3 is 6.03 Å². The Bertz CT molecular complexity index is 201. The lowest BCUT2D eigenvalue weighted by atomic mass is 10.4. The Morgan fingerprint density at radius 3 is 2.54 bits per heavy atom. The van der Waals surface area contributed by atoms with Crippen LogP contribution in [0.15, 0.2) is 0 Å². The lowest BCUT2D eigenvalue weighted by Gasteiger charge is -2.14. The van der Waals surface area contributed by atoms with Gasteiger partial charge in [0, 0.05) is 13.1 Å². The maximum atomic E-state index is 11.2. The summed E-state index contributed by atoms with van der Waals surface area (Å²) < 4.78 is 0. The van der Waals surface area contributed by atoms with E-state index >= 15 is 0 Å². The topological polar surface area (TPSA) is 84.7 Å². The van der Waals surface area contributed by atoms with E-state index in [1.165, 1.54) is 0 Å². The van der Waals surface area contributed by atoms with Gasteiger partial charge < -0.3 is 10.6 Å². The van der Waals surface area contributed by atoms with Gasteiger partial charge in [0.15, 0.2) is 6.61 Å². The normalized spacial score (nSPS) is 15.8. The van der Waals surface area contributed by atoms with Crippen LogP contribution in [-0.4, -0.2) is 36.5 Å². The van der Waals surface area contributed by atoms with Crippen molar-refractivity contribution < 1.29 is 14.4 Å². The van der Waals surface area contributed by atoms with Crippen molar-refractivity contribution in [3.63, 3.8) is 0 Å². The summed E-state index contributed by atoms with van der Waals surface area (Å²) in [4.78, 5) is 27.6. The van der Waals surface area contributed by atoms with Gasteiger partial charge in [0.1, 0.15) is 0 Å². The van der Waals surface area contributed by atoms with Crippen molar-refractivity contribution in [2.75, 3.05) is 19.7 Å². The molecule has 1 fully saturated rings. The average molecular weight is 187 g/mol. The van der Waals surface area contributed by atoms with E-state index in [0.29, 0.717) is 0 Å². The quantitative estimate of drug-likeness (QED) is 0.568. The molecule has 0 spiro atoms. The minimum Gasteiger partial charge on any atom is -0.368 e. The predicted molar refractivity (Wildman–Crippen MR) is 44.5 cm³/mol. The Labute approximate surface area is 76.0 Å². The van der Waals surface area contributed by atoms with Crippen LogP contribution in [0.5, 0.6) is 0 Å². The number of urea groups is 1. The lowest BCUT2D eigenvalue weighted by molar-refractivity contribution is -0.124. The van der Waals surface area contributed by atoms with Crippen LogP contribution in [0.1, 0.15) is 12.8 Å². The minimum atomic E-state index is -0.610. The standard InChI is InChI=1S/C7H13N3O3/c8-6(11)5-13-9-7(12)10-3-1-2-4-10/h1-5H2,(H2,8,11)(H,9,12). The number of hydrogen-bond donors (Lipinski definition) is 2. The van der Waals surface area contributed by atoms with Gasteiger partial charge in [-0.05, 0) is 12.8 Å². The summed E-state index contributed by atoms with van der Waals surface area (Å²) in [7, 11) is 0. The number of primary amides is 1. The van der Waals surface area contributed by atoms with E-state index in [1.54, 1.807) is 4.90 Å². The van der Waals surface area contributed by atoms with Gasteiger partial charge in [-0.1, -0.05) is 0 Å². The summed E-state index contributed by atoms with van der Waals surface area (Å²) >= 11 is 0. The van der Waals surface area contributed by atoms with Crippen LogP contribution in [0.2, 0.25) is 0 Å². The van der Waals surface area contributed by atoms with Crippen LogP contribution >= 0.6 is 0 Å². The number of nitrogens with two attached hydrogens (primary N) is 1. The summed E-state index contributed by atoms with van der Waals surface area (Å²) in [6.07, 6.45) is 2.03. The van der Waals surface area contributed by atoms with Gasteiger partial charge in [-0.15, -0.1) is 0 Å². The molecule has 0 unspecified atom stereocenters. The summed E-state index contributed by atoms with van der Waals surface area (Å²) in [6.45, 7) is 1.19. The highest BCUT2D eigenvalue weighted by Crippen LogP contribution is 2.06. The number of carbonyl (C=O) groups is 2. The first-order valence-electron chi connectivity index (χ1n) is 4.15. The number of nitrogens with one attached hydrogen (secondary N) is 1. The highest BCUT2D eigenvalue weighted by Gasteiger charge is 2.17. The largest absolute Gasteiger partial charge is 0.368 e. The third-order valence-electron chi connectivity index (χ3n) is 1.77. The number of carbonyl (C=O) groups excluding carboxylic acids is 2. The highest BCUT2D eigenvalue weighted by molar-refractivity contribution is 5.76. The van der Waals surface area contributed by atoms with Crippen molar-refractivity contribution in [2.24, 2.45) is 5.73 Å². The minimum absolute atomic E-state index is 0.292. The van der Waals surface area contributed by atoms with Crippen molar-refractivity contribution in [1.29, 1.82) is 0 Å². The van der Waals surface area contributed by atoms with Crippen LogP contribution < -0.4 is 11.2 Å². The van der Waals surface area contributed by atoms with Gasteiger partial charge in [-0.25, -0.2) is 10.3 Å². The van der Waals surface area contributed by atoms with Crippen molar-refractivity contribution in [3.8, 4) is 0 Å². The van der Waals surface area contributed by atoms with E-state index in [9.17, 15) is 9.59 Å². The second-order valence-corrected chi connectivity index (χ2v) is 2.86. The van der Waals surface area contributed by atoms with Crippen LogP contribution in [-0.2, 0) is 9.63 Å². The second kappa shape index (κ2) is 4.66. The maximum absolute atomic E-state index is 11.2. The van der Waals surface area contributed by atoms with E-state index < -0.39 is 5.91 Å². The zero-order valence-corrected chi connectivity index (χ0v) is 7.28. The molecule has 13 heavy (non-hydrogen) atoms. The molecule has 6 heteroatoms. The van der Waals surface area contributed by atoms with Crippen molar-refractivity contribution in [3.05, 3.63) is 0 Å². The van der Waals surface area contributed by atoms with Gasteiger partial charge in [-0.3, -0.25) is 9.63 Å². The number of rotatable bonds is 3. The van der Waals surface area contributed by atoms with Crippen molar-refractivity contribution in [1.82, 2.24) is 10.4 Å². The van der Waals surface area contributed by atoms with Crippen LogP contribution in [0, 0.1) is 0 Å². The fourth-order valence-electron chi connectivity index (χ4n) is 1.15. The van der Waals surface area contributed by atoms with E-state index in [0.717, 1.165) is 25.9 Å². The number of hydroxylamine groups is 1. The van der Waals surface area contributed by atoms with Crippen molar-refractivity contribution >= 4 is 11.9 Å². The number of likely N-dealkylation sites (tertiary alicyclic amines) is 1. The monoisotopic (exact) mass is 187 g/mol. The highest BCUT2D eigenvalue weighted by atomic mass is 16.7. The molecule has 0 radical (unpaired) electrons. The Balaban J connectivity index is 2.13. The molecule has 1 aliphatic rings. The molecule has 0 atom stereocenters. The molecule has 3 amide bonds. The number of amides is 3. The van der Waals surface area contributed by atoms with Crippen LogP contribution in [0.25, 0.3) is 0 Å². The van der Waals surface area contributed by atoms with E-state index in [-0.39, 0.29) is 12.6 Å². The summed E-state index contributed by atoms with van der Waals surface area (Å²) in [5.41, 5.74) is 6.95. The van der Waals surface area contributed by atoms with E-state index in [2.05, 4.69) is 10.3 Å². The molecule has 1 aliphatic heterocycles. The molecule has 0 aliphatic carbocycles. The first-order chi connectivity index (χ1) is 6.20. The third kappa shape index (κ3) is 3.29. The zero-order valence-electron chi connectivity index (χ0n) is 7.28. The predicted octanol–water partition coefficient (Wildman–Crippen LogP) is -0.791. The molecular formula is C7H13N3O3. The summed E-state index contributed by atoms with van der Waals surface area (Å²) in [5.74, 6) is -0.610. The van der Waals surface area contributed by atoms with Crippen molar-refractivity contribution in [2.45, 2.75) is 12.8 Å². The number of nitrogens with zero attached hydrogens (tertiary/aromatic N) is 1. The van der Waals surface area contributed by atoms with E-state index in [4.69, 9.17) is 5.73 Å². The first-order valence-corrected chi connectivity index (χ1v) is 4.15. The molecule has 1 heterocycles. The SMILES string of the molecule is NC(=O)CONC(=O)N1CCCC1. The van der Waals surface area contributed by atoms with Gasteiger partial charge in [0.2, 0.25) is 5.91 Å². The van der Waals surface area contributed by atoms with Crippen LogP contribution in [0.3, 0.4) is 0 Å². The van der Waals surface area contributed by atoms with Crippen LogP contribution in [0.4, 0.5) is 4.79 Å². The Morgan fingerprint density at radius 1 is 1.38 bits per heavy atom. The Morgan fingerprint density at radius 2 is 2.00 bits per heavy atom. The lowest BCUT2D eigenvalue weighted by Crippen LogP contribution is -2.39. The third-order valence-corrected chi connectivity index (χ3v) is 1.77. The average Bonchev–Trinajstić information content (AvgIpc) is 2.55. The molecule has 6 nitrogen and oxygen atoms in total. The molecular weight excluding hydrogens is 174 g/mol.